The van der Waals surface area contributed by atoms with Gasteiger partial charge in [-0.3, -0.25) is 4.79 Å². The maximum Gasteiger partial charge on any atom is 0.451 e. The van der Waals surface area contributed by atoms with Crippen molar-refractivity contribution >= 4 is 13.1 Å². The molecule has 1 rings (SSSR count). The minimum absolute atomic E-state index is 0.0997. The van der Waals surface area contributed by atoms with Crippen molar-refractivity contribution in [3.8, 4) is 0 Å². The highest BCUT2D eigenvalue weighted by Gasteiger charge is 2.45. The van der Waals surface area contributed by atoms with Crippen molar-refractivity contribution in [2.75, 3.05) is 0 Å². The lowest BCUT2D eigenvalue weighted by Crippen LogP contribution is -2.63. The van der Waals surface area contributed by atoms with Gasteiger partial charge in [-0.05, 0) is 31.5 Å². The molecular weight excluding hydrogens is 235 g/mol. The van der Waals surface area contributed by atoms with Gasteiger partial charge in [0, 0.05) is 6.04 Å². The smallest absolute Gasteiger partial charge is 0.451 e. The van der Waals surface area contributed by atoms with Crippen molar-refractivity contribution in [3.63, 3.8) is 0 Å². The Morgan fingerprint density at radius 2 is 1.94 bits per heavy atom. The van der Waals surface area contributed by atoms with E-state index < -0.39 is 24.7 Å². The van der Waals surface area contributed by atoms with Gasteiger partial charge in [0.2, 0.25) is 0 Å². The van der Waals surface area contributed by atoms with Gasteiger partial charge in [-0.2, -0.15) is 0 Å². The molecule has 0 radical (unpaired) electrons. The summed E-state index contributed by atoms with van der Waals surface area (Å²) in [6, 6.07) is -0.528. The molecule has 0 heterocycles. The molecule has 0 aromatic carbocycles. The van der Waals surface area contributed by atoms with Crippen molar-refractivity contribution in [1.82, 2.24) is 0 Å². The second-order valence-corrected chi connectivity index (χ2v) is 4.66. The molecule has 0 aliphatic heterocycles. The van der Waals surface area contributed by atoms with Gasteiger partial charge in [0.15, 0.2) is 0 Å². The summed E-state index contributed by atoms with van der Waals surface area (Å²) in [6.45, 7) is 4.00. The second kappa shape index (κ2) is 7.73. The van der Waals surface area contributed by atoms with E-state index in [4.69, 9.17) is 26.6 Å². The fourth-order valence-corrected chi connectivity index (χ4v) is 2.28. The van der Waals surface area contributed by atoms with Crippen molar-refractivity contribution in [2.45, 2.75) is 57.4 Å². The Kier molecular flexibility index (Phi) is 7.46. The van der Waals surface area contributed by atoms with Gasteiger partial charge < -0.3 is 26.6 Å². The highest BCUT2D eigenvalue weighted by molar-refractivity contribution is 6.40. The first-order chi connectivity index (χ1) is 8.36. The van der Waals surface area contributed by atoms with Crippen LogP contribution in [0.25, 0.3) is 0 Å². The fourth-order valence-electron chi connectivity index (χ4n) is 2.28. The Balaban J connectivity index is 0.00000137. The third kappa shape index (κ3) is 4.57. The number of rotatable bonds is 4. The van der Waals surface area contributed by atoms with Crippen LogP contribution in [0.4, 0.5) is 0 Å². The van der Waals surface area contributed by atoms with Gasteiger partial charge >= 0.3 is 13.1 Å². The van der Waals surface area contributed by atoms with Crippen LogP contribution in [-0.2, 0) is 4.79 Å². The van der Waals surface area contributed by atoms with E-state index in [0.29, 0.717) is 19.3 Å². The summed E-state index contributed by atoms with van der Waals surface area (Å²) in [5, 5.41) is 26.6. The van der Waals surface area contributed by atoms with Crippen molar-refractivity contribution in [1.29, 1.82) is 0 Å². The van der Waals surface area contributed by atoms with E-state index in [1.54, 1.807) is 0 Å². The first-order valence-electron chi connectivity index (χ1n) is 6.50. The molecule has 1 aliphatic carbocycles. The zero-order valence-electron chi connectivity index (χ0n) is 11.2. The lowest BCUT2D eigenvalue weighted by molar-refractivity contribution is -0.146. The summed E-state index contributed by atoms with van der Waals surface area (Å²) in [5.41, 5.74) is 10.1. The van der Waals surface area contributed by atoms with E-state index in [-0.39, 0.29) is 12.2 Å². The van der Waals surface area contributed by atoms with Crippen LogP contribution >= 0.6 is 0 Å². The van der Waals surface area contributed by atoms with E-state index in [0.717, 1.165) is 6.42 Å². The van der Waals surface area contributed by atoms with E-state index in [9.17, 15) is 4.79 Å². The Bertz CT molecular complexity index is 265. The van der Waals surface area contributed by atoms with Gasteiger partial charge in [-0.1, -0.05) is 20.3 Å². The van der Waals surface area contributed by atoms with Crippen LogP contribution in [-0.4, -0.2) is 39.8 Å². The van der Waals surface area contributed by atoms with Crippen molar-refractivity contribution in [3.05, 3.63) is 0 Å². The molecule has 7 heteroatoms. The number of hydrogen-bond acceptors (Lipinski definition) is 5. The lowest BCUT2D eigenvalue weighted by Gasteiger charge is -2.39. The Morgan fingerprint density at radius 3 is 2.39 bits per heavy atom. The lowest BCUT2D eigenvalue weighted by atomic mass is 9.69. The molecule has 106 valence electrons. The van der Waals surface area contributed by atoms with Crippen LogP contribution < -0.4 is 11.5 Å². The first kappa shape index (κ1) is 17.4. The largest absolute Gasteiger partial charge is 0.480 e. The summed E-state index contributed by atoms with van der Waals surface area (Å²) in [5.74, 6) is -0.975. The van der Waals surface area contributed by atoms with E-state index in [1.165, 1.54) is 0 Å². The Labute approximate surface area is 109 Å². The van der Waals surface area contributed by atoms with Gasteiger partial charge in [-0.15, -0.1) is 0 Å². The SMILES string of the molecule is CC.NC1CCC(CCB(O)O)CC1(N)C(=O)O. The van der Waals surface area contributed by atoms with Crippen molar-refractivity contribution in [2.24, 2.45) is 17.4 Å². The maximum absolute atomic E-state index is 11.1. The maximum atomic E-state index is 11.1. The minimum atomic E-state index is -1.37. The van der Waals surface area contributed by atoms with E-state index >= 15 is 0 Å². The molecule has 0 aromatic rings. The molecule has 1 fully saturated rings. The summed E-state index contributed by atoms with van der Waals surface area (Å²) >= 11 is 0. The number of carboxylic acid groups (broad SMARTS) is 1. The third-order valence-corrected chi connectivity index (χ3v) is 3.41. The first-order valence-corrected chi connectivity index (χ1v) is 6.50. The highest BCUT2D eigenvalue weighted by atomic mass is 16.4. The summed E-state index contributed by atoms with van der Waals surface area (Å²) in [6.07, 6.45) is 2.47. The fraction of sp³-hybridized carbons (Fsp3) is 0.909. The van der Waals surface area contributed by atoms with Gasteiger partial charge in [0.05, 0.1) is 0 Å². The molecule has 18 heavy (non-hydrogen) atoms. The molecule has 1 aliphatic rings. The summed E-state index contributed by atoms with van der Waals surface area (Å²) < 4.78 is 0. The molecule has 6 nitrogen and oxygen atoms in total. The molecule has 3 unspecified atom stereocenters. The number of aliphatic carboxylic acids is 1. The average Bonchev–Trinajstić information content (AvgIpc) is 2.33. The summed E-state index contributed by atoms with van der Waals surface area (Å²) in [4.78, 5) is 11.1. The quantitative estimate of drug-likeness (QED) is 0.444. The zero-order chi connectivity index (χ0) is 14.3. The highest BCUT2D eigenvalue weighted by Crippen LogP contribution is 2.33. The predicted octanol–water partition coefficient (Wildman–Crippen LogP) is -0.215. The molecule has 0 bridgehead atoms. The summed E-state index contributed by atoms with van der Waals surface area (Å²) in [7, 11) is -1.34. The topological polar surface area (TPSA) is 130 Å². The van der Waals surface area contributed by atoms with Gasteiger partial charge in [-0.25, -0.2) is 0 Å². The van der Waals surface area contributed by atoms with E-state index in [2.05, 4.69) is 0 Å². The molecule has 1 saturated carbocycles. The van der Waals surface area contributed by atoms with Gasteiger partial charge in [0.1, 0.15) is 5.54 Å². The van der Waals surface area contributed by atoms with Crippen LogP contribution in [0.1, 0.15) is 39.5 Å². The third-order valence-electron chi connectivity index (χ3n) is 3.41. The zero-order valence-corrected chi connectivity index (χ0v) is 11.2. The number of carboxylic acids is 1. The number of nitrogens with two attached hydrogens (primary N) is 2. The molecule has 0 spiro atoms. The minimum Gasteiger partial charge on any atom is -0.480 e. The Morgan fingerprint density at radius 1 is 1.39 bits per heavy atom. The van der Waals surface area contributed by atoms with Crippen LogP contribution in [0.5, 0.6) is 0 Å². The normalized spacial score (nSPS) is 31.2. The van der Waals surface area contributed by atoms with Crippen LogP contribution in [0.3, 0.4) is 0 Å². The molecule has 0 amide bonds. The molecule has 3 atom stereocenters. The Hall–Kier alpha value is -0.625. The van der Waals surface area contributed by atoms with Crippen molar-refractivity contribution < 1.29 is 19.9 Å². The average molecular weight is 260 g/mol. The predicted molar refractivity (Wildman–Crippen MR) is 70.8 cm³/mol. The van der Waals surface area contributed by atoms with Crippen LogP contribution in [0.15, 0.2) is 0 Å². The van der Waals surface area contributed by atoms with E-state index in [1.807, 2.05) is 13.8 Å². The standard InChI is InChI=1S/C9H19BN2O4.C2H6/c11-7-2-1-6(3-4-10(15)16)5-9(7,12)8(13)14;1-2/h6-7,15-16H,1-5,11-12H2,(H,13,14);1-2H3. The molecular formula is C11H25BN2O4. The number of carbonyl (C=O) groups is 1. The van der Waals surface area contributed by atoms with Crippen LogP contribution in [0.2, 0.25) is 6.32 Å². The monoisotopic (exact) mass is 260 g/mol. The molecule has 0 saturated heterocycles. The number of hydrogen-bond donors (Lipinski definition) is 5. The van der Waals surface area contributed by atoms with Gasteiger partial charge in [0.25, 0.3) is 0 Å². The van der Waals surface area contributed by atoms with Crippen LogP contribution in [0, 0.1) is 5.92 Å². The second-order valence-electron chi connectivity index (χ2n) is 4.66. The molecule has 0 aromatic heterocycles. The molecule has 7 N–H and O–H groups in total.